The van der Waals surface area contributed by atoms with Crippen molar-refractivity contribution in [3.8, 4) is 27.8 Å². The first-order valence-electron chi connectivity index (χ1n) is 9.92. The maximum Gasteiger partial charge on any atom is 0.124 e. The van der Waals surface area contributed by atoms with Crippen LogP contribution in [0.15, 0.2) is 66.7 Å². The minimum Gasteiger partial charge on any atom is -0.240 e. The molecule has 0 saturated carbocycles. The van der Waals surface area contributed by atoms with Crippen LogP contribution in [-0.4, -0.2) is 4.98 Å². The molecule has 0 aliphatic heterocycles. The molecule has 2 nitrogen and oxygen atoms in total. The molecule has 0 radical (unpaired) electrons. The van der Waals surface area contributed by atoms with E-state index < -0.39 is 0 Å². The van der Waals surface area contributed by atoms with Gasteiger partial charge in [0.2, 0.25) is 0 Å². The van der Waals surface area contributed by atoms with Crippen LogP contribution in [0.5, 0.6) is 0 Å². The normalized spacial score (nSPS) is 12.9. The second kappa shape index (κ2) is 6.91. The Morgan fingerprint density at radius 2 is 1.77 bits per heavy atom. The van der Waals surface area contributed by atoms with Gasteiger partial charge in [-0.2, -0.15) is 5.26 Å². The number of rotatable bonds is 2. The third kappa shape index (κ3) is 2.79. The molecule has 5 aromatic rings. The summed E-state index contributed by atoms with van der Waals surface area (Å²) in [5.41, 5.74) is 5.12. The molecular weight excluding hydrogens is 404 g/mol. The van der Waals surface area contributed by atoms with Crippen molar-refractivity contribution in [2.24, 2.45) is 0 Å². The summed E-state index contributed by atoms with van der Waals surface area (Å²) in [6.07, 6.45) is 6.43. The van der Waals surface area contributed by atoms with Crippen LogP contribution in [0.3, 0.4) is 0 Å². The van der Waals surface area contributed by atoms with E-state index in [1.807, 2.05) is 23.5 Å². The SMILES string of the molecule is N#Cc1cc(-c2nc3c(s2)C=CCC3)cc(-c2cccc3c2sc2ccccc23)c1. The van der Waals surface area contributed by atoms with E-state index >= 15 is 0 Å². The van der Waals surface area contributed by atoms with Gasteiger partial charge >= 0.3 is 0 Å². The minimum absolute atomic E-state index is 0.671. The van der Waals surface area contributed by atoms with Crippen molar-refractivity contribution in [2.45, 2.75) is 12.8 Å². The third-order valence-corrected chi connectivity index (χ3v) is 7.90. The van der Waals surface area contributed by atoms with Crippen molar-refractivity contribution < 1.29 is 0 Å². The number of fused-ring (bicyclic) bond motifs is 4. The molecule has 6 rings (SSSR count). The van der Waals surface area contributed by atoms with E-state index in [2.05, 4.69) is 66.8 Å². The molecule has 0 saturated heterocycles. The second-order valence-electron chi connectivity index (χ2n) is 7.46. The maximum atomic E-state index is 9.69. The number of aryl methyl sites for hydroxylation is 1. The summed E-state index contributed by atoms with van der Waals surface area (Å²) in [5, 5.41) is 13.2. The number of allylic oxidation sites excluding steroid dienone is 1. The van der Waals surface area contributed by atoms with Gasteiger partial charge in [0.05, 0.1) is 22.2 Å². The molecule has 4 heteroatoms. The average Bonchev–Trinajstić information content (AvgIpc) is 3.40. The quantitative estimate of drug-likeness (QED) is 0.294. The number of thiophene rings is 1. The van der Waals surface area contributed by atoms with Crippen LogP contribution in [0.4, 0.5) is 0 Å². The molecule has 0 bridgehead atoms. The van der Waals surface area contributed by atoms with E-state index in [0.717, 1.165) is 29.0 Å². The average molecular weight is 421 g/mol. The molecule has 0 atom stereocenters. The van der Waals surface area contributed by atoms with Crippen LogP contribution in [0.2, 0.25) is 0 Å². The summed E-state index contributed by atoms with van der Waals surface area (Å²) in [4.78, 5) is 6.13. The first kappa shape index (κ1) is 17.6. The summed E-state index contributed by atoms with van der Waals surface area (Å²) in [7, 11) is 0. The van der Waals surface area contributed by atoms with Crippen molar-refractivity contribution in [3.63, 3.8) is 0 Å². The molecule has 0 N–H and O–H groups in total. The van der Waals surface area contributed by atoms with E-state index in [1.54, 1.807) is 11.3 Å². The molecular formula is C26H16N2S2. The lowest BCUT2D eigenvalue weighted by Crippen LogP contribution is -1.91. The maximum absolute atomic E-state index is 9.69. The largest absolute Gasteiger partial charge is 0.240 e. The van der Waals surface area contributed by atoms with Crippen LogP contribution in [0.25, 0.3) is 47.9 Å². The fourth-order valence-corrected chi connectivity index (χ4v) is 6.42. The molecule has 1 aliphatic rings. The van der Waals surface area contributed by atoms with Crippen molar-refractivity contribution in [2.75, 3.05) is 0 Å². The summed E-state index contributed by atoms with van der Waals surface area (Å²) in [6.45, 7) is 0. The zero-order valence-electron chi connectivity index (χ0n) is 16.1. The van der Waals surface area contributed by atoms with Crippen LogP contribution >= 0.6 is 22.7 Å². The Morgan fingerprint density at radius 1 is 0.900 bits per heavy atom. The molecule has 0 spiro atoms. The molecule has 0 fully saturated rings. The molecule has 1 aliphatic carbocycles. The smallest absolute Gasteiger partial charge is 0.124 e. The number of nitriles is 1. The Kier molecular flexibility index (Phi) is 4.05. The second-order valence-corrected chi connectivity index (χ2v) is 9.55. The Balaban J connectivity index is 1.57. The molecule has 142 valence electrons. The van der Waals surface area contributed by atoms with Gasteiger partial charge in [0, 0.05) is 25.7 Å². The Labute approximate surface area is 182 Å². The summed E-state index contributed by atoms with van der Waals surface area (Å²) >= 11 is 3.53. The highest BCUT2D eigenvalue weighted by Gasteiger charge is 2.16. The molecule has 0 amide bonds. The number of thiazole rings is 1. The van der Waals surface area contributed by atoms with E-state index in [1.165, 1.54) is 36.3 Å². The van der Waals surface area contributed by atoms with Gasteiger partial charge in [0.1, 0.15) is 5.01 Å². The topological polar surface area (TPSA) is 36.7 Å². The molecule has 2 heterocycles. The van der Waals surface area contributed by atoms with Gasteiger partial charge in [-0.3, -0.25) is 0 Å². The van der Waals surface area contributed by atoms with Gasteiger partial charge in [-0.25, -0.2) is 4.98 Å². The molecule has 3 aromatic carbocycles. The zero-order valence-corrected chi connectivity index (χ0v) is 17.7. The number of aromatic nitrogens is 1. The van der Waals surface area contributed by atoms with Crippen molar-refractivity contribution >= 4 is 48.9 Å². The Bertz CT molecular complexity index is 1510. The first-order chi connectivity index (χ1) is 14.8. The number of nitrogens with zero attached hydrogens (tertiary/aromatic N) is 2. The summed E-state index contributed by atoms with van der Waals surface area (Å²) < 4.78 is 2.55. The lowest BCUT2D eigenvalue weighted by atomic mass is 9.98. The van der Waals surface area contributed by atoms with Crippen LogP contribution in [-0.2, 0) is 6.42 Å². The molecule has 2 aromatic heterocycles. The van der Waals surface area contributed by atoms with Gasteiger partial charge < -0.3 is 0 Å². The first-order valence-corrected chi connectivity index (χ1v) is 11.6. The predicted octanol–water partition coefficient (Wildman–Crippen LogP) is 7.68. The predicted molar refractivity (Wildman–Crippen MR) is 128 cm³/mol. The highest BCUT2D eigenvalue weighted by Crippen LogP contribution is 2.41. The molecule has 30 heavy (non-hydrogen) atoms. The van der Waals surface area contributed by atoms with E-state index in [9.17, 15) is 5.26 Å². The lowest BCUT2D eigenvalue weighted by molar-refractivity contribution is 0.947. The van der Waals surface area contributed by atoms with Gasteiger partial charge in [0.15, 0.2) is 0 Å². The van der Waals surface area contributed by atoms with Crippen molar-refractivity contribution in [3.05, 3.63) is 82.9 Å². The fourth-order valence-electron chi connectivity index (χ4n) is 4.15. The Hall–Kier alpha value is -3.26. The van der Waals surface area contributed by atoms with Crippen molar-refractivity contribution in [1.29, 1.82) is 5.26 Å². The summed E-state index contributed by atoms with van der Waals surface area (Å²) in [6, 6.07) is 23.5. The van der Waals surface area contributed by atoms with Gasteiger partial charge in [0.25, 0.3) is 0 Å². The van der Waals surface area contributed by atoms with Gasteiger partial charge in [-0.05, 0) is 54.3 Å². The fraction of sp³-hybridized carbons (Fsp3) is 0.0769. The van der Waals surface area contributed by atoms with E-state index in [0.29, 0.717) is 5.56 Å². The lowest BCUT2D eigenvalue weighted by Gasteiger charge is -2.07. The van der Waals surface area contributed by atoms with E-state index in [4.69, 9.17) is 4.98 Å². The monoisotopic (exact) mass is 420 g/mol. The van der Waals surface area contributed by atoms with E-state index in [-0.39, 0.29) is 0 Å². The minimum atomic E-state index is 0.671. The van der Waals surface area contributed by atoms with Crippen LogP contribution in [0, 0.1) is 11.3 Å². The van der Waals surface area contributed by atoms with Crippen LogP contribution in [0.1, 0.15) is 22.6 Å². The summed E-state index contributed by atoms with van der Waals surface area (Å²) in [5.74, 6) is 0. The number of benzene rings is 3. The highest BCUT2D eigenvalue weighted by molar-refractivity contribution is 7.26. The standard InChI is InChI=1S/C26H16N2S2/c27-15-16-12-17(14-18(13-16)26-28-22-9-2-4-11-24(22)30-26)19-7-5-8-21-20-6-1-3-10-23(20)29-25(19)21/h1,3-8,10-14H,2,9H2. The van der Waals surface area contributed by atoms with Gasteiger partial charge in [-0.1, -0.05) is 42.5 Å². The zero-order chi connectivity index (χ0) is 20.1. The number of hydrogen-bond donors (Lipinski definition) is 0. The number of hydrogen-bond acceptors (Lipinski definition) is 4. The highest BCUT2D eigenvalue weighted by atomic mass is 32.1. The van der Waals surface area contributed by atoms with Gasteiger partial charge in [-0.15, -0.1) is 22.7 Å². The van der Waals surface area contributed by atoms with Crippen molar-refractivity contribution in [1.82, 2.24) is 4.98 Å². The Morgan fingerprint density at radius 3 is 2.67 bits per heavy atom. The molecule has 0 unspecified atom stereocenters. The van der Waals surface area contributed by atoms with Crippen LogP contribution < -0.4 is 0 Å². The third-order valence-electron chi connectivity index (χ3n) is 5.57.